The second-order valence-electron chi connectivity index (χ2n) is 1.14. The molecular formula is C4H14F3N. The zero-order chi connectivity index (χ0) is 4.12. The topological polar surface area (TPSA) is 26.0 Å². The number of halogens is 3. The molecule has 0 heterocycles. The molecule has 1 nitrogen and oxygen atoms in total. The van der Waals surface area contributed by atoms with Crippen LogP contribution >= 0.6 is 0 Å². The molecule has 56 valence electrons. The maximum absolute atomic E-state index is 5.14. The van der Waals surface area contributed by atoms with E-state index in [0.29, 0.717) is 0 Å². The lowest BCUT2D eigenvalue weighted by atomic mass is 10.3. The van der Waals surface area contributed by atoms with Crippen molar-refractivity contribution in [1.29, 1.82) is 0 Å². The van der Waals surface area contributed by atoms with Gasteiger partial charge in [-0.3, -0.25) is 4.70 Å². The molecule has 0 saturated carbocycles. The molecular weight excluding hydrogens is 119 g/mol. The summed E-state index contributed by atoms with van der Waals surface area (Å²) in [4.78, 5) is 0. The fourth-order valence-corrected chi connectivity index (χ4v) is 0.204. The zero-order valence-electron chi connectivity index (χ0n) is 6.86. The van der Waals surface area contributed by atoms with Gasteiger partial charge >= 0.3 is 2.85 Å². The number of hydrogen-bond donors (Lipinski definition) is 1. The van der Waals surface area contributed by atoms with Crippen LogP contribution in [0.1, 0.15) is 22.6 Å². The van der Waals surface area contributed by atoms with Gasteiger partial charge in [-0.05, 0) is 13.0 Å². The van der Waals surface area contributed by atoms with E-state index in [-0.39, 0.29) is 17.0 Å². The first kappa shape index (κ1) is 25.1. The molecule has 0 aliphatic heterocycles. The molecule has 0 saturated heterocycles. The van der Waals surface area contributed by atoms with Gasteiger partial charge in [0.2, 0.25) is 0 Å². The molecule has 8 heavy (non-hydrogen) atoms. The molecule has 0 aliphatic carbocycles. The maximum Gasteiger partial charge on any atom is 1.00 e. The number of hydrogen-bond acceptors (Lipinski definition) is 1. The highest BCUT2D eigenvalue weighted by Gasteiger charge is 1.67. The van der Waals surface area contributed by atoms with E-state index in [0.717, 1.165) is 6.54 Å². The smallest absolute Gasteiger partial charge is 1.00 e. The molecule has 4 heteroatoms. The summed E-state index contributed by atoms with van der Waals surface area (Å²) in [6.07, 6.45) is 2.39. The lowest BCUT2D eigenvalue weighted by Gasteiger charge is -1.80. The standard InChI is InChI=1S/C4H11N.3FH/c1-2-3-4-5;;;/h2-5H2,1H3;3*1H. The van der Waals surface area contributed by atoms with Crippen molar-refractivity contribution in [3.05, 3.63) is 0 Å². The summed E-state index contributed by atoms with van der Waals surface area (Å²) < 4.78 is 0. The maximum atomic E-state index is 5.14. The fourth-order valence-electron chi connectivity index (χ4n) is 0.204. The minimum atomic E-state index is 0. The van der Waals surface area contributed by atoms with Crippen molar-refractivity contribution >= 4 is 0 Å². The number of unbranched alkanes of at least 4 members (excludes halogenated alkanes) is 1. The second-order valence-corrected chi connectivity index (χ2v) is 1.14. The molecule has 0 spiro atoms. The largest absolute Gasteiger partial charge is 1.00 e. The molecule has 2 N–H and O–H groups in total. The first-order chi connectivity index (χ1) is 2.41. The van der Waals surface area contributed by atoms with Gasteiger partial charge in [0, 0.05) is 0 Å². The average Bonchev–Trinajstić information content (AvgIpc) is 1.41. The average molecular weight is 133 g/mol. The van der Waals surface area contributed by atoms with E-state index >= 15 is 0 Å². The van der Waals surface area contributed by atoms with Crippen molar-refractivity contribution in [2.75, 3.05) is 6.54 Å². The fraction of sp³-hybridized carbons (Fsp3) is 1.00. The van der Waals surface area contributed by atoms with Crippen LogP contribution in [0.15, 0.2) is 0 Å². The summed E-state index contributed by atoms with van der Waals surface area (Å²) in [5, 5.41) is 0. The summed E-state index contributed by atoms with van der Waals surface area (Å²) in [5.74, 6) is 0. The highest BCUT2D eigenvalue weighted by molar-refractivity contribution is 4.29. The van der Waals surface area contributed by atoms with Crippen LogP contribution in [0.2, 0.25) is 0 Å². The molecule has 0 aromatic rings. The summed E-state index contributed by atoms with van der Waals surface area (Å²) in [7, 11) is 0. The Balaban J connectivity index is -0.00000000800. The van der Waals surface area contributed by atoms with Gasteiger partial charge in [0.1, 0.15) is 0 Å². The quantitative estimate of drug-likeness (QED) is 0.401. The highest BCUT2D eigenvalue weighted by atomic mass is 19.0. The normalized spacial score (nSPS) is 5.25. The van der Waals surface area contributed by atoms with E-state index in [1.807, 2.05) is 0 Å². The molecule has 0 rings (SSSR count). The van der Waals surface area contributed by atoms with E-state index in [1.165, 1.54) is 12.8 Å². The first-order valence-corrected chi connectivity index (χ1v) is 2.12. The van der Waals surface area contributed by atoms with Crippen molar-refractivity contribution < 1.29 is 17.0 Å². The van der Waals surface area contributed by atoms with Crippen molar-refractivity contribution in [3.63, 3.8) is 0 Å². The van der Waals surface area contributed by atoms with Gasteiger partial charge in [-0.25, -0.2) is 0 Å². The second kappa shape index (κ2) is 29.5. The molecule has 0 aliphatic rings. The van der Waals surface area contributed by atoms with Crippen molar-refractivity contribution in [2.45, 2.75) is 19.8 Å². The Hall–Kier alpha value is -0.250. The first-order valence-electron chi connectivity index (χ1n) is 2.12. The van der Waals surface area contributed by atoms with Gasteiger partial charge in [0.25, 0.3) is 0 Å². The third kappa shape index (κ3) is 42.4. The Labute approximate surface area is 50.3 Å². The molecule has 0 aromatic heterocycles. The van der Waals surface area contributed by atoms with E-state index < -0.39 is 0 Å². The molecule has 0 radical (unpaired) electrons. The molecule has 0 unspecified atom stereocenters. The van der Waals surface area contributed by atoms with Crippen molar-refractivity contribution in [2.24, 2.45) is 5.73 Å². The minimum absolute atomic E-state index is 0. The van der Waals surface area contributed by atoms with Crippen LogP contribution in [-0.2, 0) is 0 Å². The van der Waals surface area contributed by atoms with Crippen LogP contribution < -0.4 is 15.1 Å². The van der Waals surface area contributed by atoms with E-state index in [9.17, 15) is 0 Å². The third-order valence-corrected chi connectivity index (χ3v) is 0.558. The Morgan fingerprint density at radius 3 is 1.75 bits per heavy atom. The Kier molecular flexibility index (Phi) is 92.6. The molecule has 0 atom stereocenters. The van der Waals surface area contributed by atoms with Crippen LogP contribution in [-0.4, -0.2) is 6.54 Å². The van der Waals surface area contributed by atoms with Gasteiger partial charge in [0.15, 0.2) is 0 Å². The summed E-state index contributed by atoms with van der Waals surface area (Å²) >= 11 is 0. The van der Waals surface area contributed by atoms with Crippen LogP contribution in [0.4, 0.5) is 4.70 Å². The predicted molar refractivity (Wildman–Crippen MR) is 28.7 cm³/mol. The summed E-state index contributed by atoms with van der Waals surface area (Å²) in [6.45, 7) is 2.98. The Morgan fingerprint density at radius 1 is 1.38 bits per heavy atom. The highest BCUT2D eigenvalue weighted by Crippen LogP contribution is 1.77. The van der Waals surface area contributed by atoms with Crippen LogP contribution in [0.25, 0.3) is 0 Å². The van der Waals surface area contributed by atoms with Gasteiger partial charge in [0.05, 0.1) is 0 Å². The molecule has 0 aromatic carbocycles. The molecule has 0 amide bonds. The van der Waals surface area contributed by atoms with Crippen LogP contribution in [0.3, 0.4) is 0 Å². The van der Waals surface area contributed by atoms with Gasteiger partial charge < -0.3 is 15.1 Å². The van der Waals surface area contributed by atoms with Crippen molar-refractivity contribution in [1.82, 2.24) is 0 Å². The minimum Gasteiger partial charge on any atom is -1.00 e. The summed E-state index contributed by atoms with van der Waals surface area (Å²) in [6, 6.07) is 0. The van der Waals surface area contributed by atoms with Crippen LogP contribution in [0.5, 0.6) is 0 Å². The SMILES string of the molecule is CCCCN.F.[F-].[F-].[H+].[H+]. The van der Waals surface area contributed by atoms with Gasteiger partial charge in [-0.1, -0.05) is 13.3 Å². The van der Waals surface area contributed by atoms with Gasteiger partial charge in [-0.2, -0.15) is 0 Å². The Morgan fingerprint density at radius 2 is 1.75 bits per heavy atom. The Bertz CT molecular complexity index is 26.0. The van der Waals surface area contributed by atoms with E-state index in [1.54, 1.807) is 0 Å². The number of nitrogens with two attached hydrogens (primary N) is 1. The summed E-state index contributed by atoms with van der Waals surface area (Å²) in [5.41, 5.74) is 5.14. The number of rotatable bonds is 2. The van der Waals surface area contributed by atoms with Gasteiger partial charge in [-0.15, -0.1) is 0 Å². The predicted octanol–water partition coefficient (Wildman–Crippen LogP) is -4.87. The third-order valence-electron chi connectivity index (χ3n) is 0.558. The van der Waals surface area contributed by atoms with E-state index in [4.69, 9.17) is 5.73 Å². The van der Waals surface area contributed by atoms with E-state index in [2.05, 4.69) is 6.92 Å². The van der Waals surface area contributed by atoms with Crippen LogP contribution in [0, 0.1) is 0 Å². The molecule has 0 fully saturated rings. The monoisotopic (exact) mass is 133 g/mol. The lowest BCUT2D eigenvalue weighted by Crippen LogP contribution is -3.00. The lowest BCUT2D eigenvalue weighted by molar-refractivity contribution is -0.001000. The molecule has 0 bridgehead atoms. The van der Waals surface area contributed by atoms with Crippen molar-refractivity contribution in [3.8, 4) is 0 Å². The zero-order valence-corrected chi connectivity index (χ0v) is 4.86.